The topological polar surface area (TPSA) is 124 Å². The van der Waals surface area contributed by atoms with Crippen molar-refractivity contribution in [2.45, 2.75) is 0 Å². The average Bonchev–Trinajstić information content (AvgIpc) is 3.40. The van der Waals surface area contributed by atoms with Gasteiger partial charge in [0.05, 0.1) is 21.5 Å². The quantitative estimate of drug-likeness (QED) is 0.396. The first-order valence-corrected chi connectivity index (χ1v) is 9.69. The van der Waals surface area contributed by atoms with Crippen molar-refractivity contribution >= 4 is 62.2 Å². The van der Waals surface area contributed by atoms with Crippen molar-refractivity contribution in [3.8, 4) is 0 Å². The van der Waals surface area contributed by atoms with Gasteiger partial charge < -0.3 is 15.7 Å². The van der Waals surface area contributed by atoms with E-state index in [4.69, 9.17) is 5.11 Å². The van der Waals surface area contributed by atoms with Crippen LogP contribution in [0.2, 0.25) is 0 Å². The number of aromatic amines is 1. The molecule has 0 fully saturated rings. The van der Waals surface area contributed by atoms with E-state index in [1.165, 1.54) is 17.4 Å². The lowest BCUT2D eigenvalue weighted by Crippen LogP contribution is -2.18. The Morgan fingerprint density at radius 2 is 1.82 bits per heavy atom. The second kappa shape index (κ2) is 7.25. The summed E-state index contributed by atoms with van der Waals surface area (Å²) in [5, 5.41) is 23.5. The largest absolute Gasteiger partial charge is 0.477 e. The third-order valence-corrected chi connectivity index (χ3v) is 5.75. The molecule has 1 aromatic carbocycles. The molecule has 0 atom stereocenters. The van der Waals surface area contributed by atoms with Crippen molar-refractivity contribution in [3.05, 3.63) is 63.2 Å². The van der Waals surface area contributed by atoms with Crippen LogP contribution in [-0.4, -0.2) is 33.1 Å². The normalized spacial score (nSPS) is 10.7. The lowest BCUT2D eigenvalue weighted by molar-refractivity contribution is 0.0701. The number of carbonyl (C=O) groups is 3. The monoisotopic (exact) mass is 412 g/mol. The first-order chi connectivity index (χ1) is 13.5. The number of aromatic nitrogens is 2. The van der Waals surface area contributed by atoms with Crippen LogP contribution in [0.5, 0.6) is 0 Å². The number of H-pyrrole nitrogens is 1. The minimum atomic E-state index is -1.05. The Morgan fingerprint density at radius 1 is 1.00 bits per heavy atom. The number of hydrogen-bond acceptors (Lipinski definition) is 6. The van der Waals surface area contributed by atoms with E-state index in [1.54, 1.807) is 41.8 Å². The van der Waals surface area contributed by atoms with Crippen LogP contribution >= 0.6 is 22.7 Å². The van der Waals surface area contributed by atoms with Crippen LogP contribution < -0.4 is 10.6 Å². The van der Waals surface area contributed by atoms with E-state index in [2.05, 4.69) is 20.8 Å². The summed E-state index contributed by atoms with van der Waals surface area (Å²) in [7, 11) is 0. The molecule has 3 heterocycles. The molecule has 0 radical (unpaired) electrons. The number of para-hydroxylation sites is 1. The molecule has 140 valence electrons. The number of fused-ring (bicyclic) bond motifs is 1. The molecule has 4 N–H and O–H groups in total. The van der Waals surface area contributed by atoms with Gasteiger partial charge >= 0.3 is 5.97 Å². The van der Waals surface area contributed by atoms with E-state index in [-0.39, 0.29) is 16.3 Å². The van der Waals surface area contributed by atoms with Crippen molar-refractivity contribution in [3.63, 3.8) is 0 Å². The zero-order valence-corrected chi connectivity index (χ0v) is 15.7. The highest BCUT2D eigenvalue weighted by molar-refractivity contribution is 7.20. The fourth-order valence-electron chi connectivity index (χ4n) is 2.57. The number of nitrogens with one attached hydrogen (secondary N) is 3. The van der Waals surface area contributed by atoms with Crippen LogP contribution in [0.3, 0.4) is 0 Å². The highest BCUT2D eigenvalue weighted by atomic mass is 32.1. The maximum absolute atomic E-state index is 12.8. The first-order valence-electron chi connectivity index (χ1n) is 7.99. The molecule has 4 aromatic rings. The third kappa shape index (κ3) is 3.38. The summed E-state index contributed by atoms with van der Waals surface area (Å²) in [5.41, 5.74) is 0.634. The molecule has 0 spiro atoms. The average molecular weight is 412 g/mol. The number of thiophene rings is 2. The summed E-state index contributed by atoms with van der Waals surface area (Å²) in [6.45, 7) is 0. The first kappa shape index (κ1) is 17.9. The fourth-order valence-corrected chi connectivity index (χ4v) is 4.03. The second-order valence-corrected chi connectivity index (χ2v) is 7.64. The van der Waals surface area contributed by atoms with Gasteiger partial charge in [-0.2, -0.15) is 5.10 Å². The molecule has 0 saturated carbocycles. The van der Waals surface area contributed by atoms with Gasteiger partial charge in [-0.15, -0.1) is 22.7 Å². The van der Waals surface area contributed by atoms with Crippen molar-refractivity contribution in [1.29, 1.82) is 0 Å². The summed E-state index contributed by atoms with van der Waals surface area (Å²) >= 11 is 2.31. The number of rotatable bonds is 5. The number of aromatic carboxylic acids is 1. The minimum Gasteiger partial charge on any atom is -0.477 e. The van der Waals surface area contributed by atoms with Gasteiger partial charge in [0, 0.05) is 0 Å². The van der Waals surface area contributed by atoms with Gasteiger partial charge in [0.2, 0.25) is 0 Å². The van der Waals surface area contributed by atoms with E-state index < -0.39 is 11.9 Å². The summed E-state index contributed by atoms with van der Waals surface area (Å²) in [6.07, 6.45) is 0. The maximum Gasteiger partial charge on any atom is 0.345 e. The number of anilines is 2. The van der Waals surface area contributed by atoms with Gasteiger partial charge in [0.25, 0.3) is 11.8 Å². The molecule has 0 aliphatic heterocycles. The Balaban J connectivity index is 1.59. The van der Waals surface area contributed by atoms with E-state index in [0.29, 0.717) is 26.6 Å². The number of carboxylic acids is 1. The van der Waals surface area contributed by atoms with E-state index in [9.17, 15) is 14.4 Å². The highest BCUT2D eigenvalue weighted by Crippen LogP contribution is 2.30. The SMILES string of the molecule is O=C(O)c1cc2c(NC(=O)c3ccccc3NC(=O)c3cccs3)[nH]nc2s1. The lowest BCUT2D eigenvalue weighted by Gasteiger charge is -2.10. The summed E-state index contributed by atoms with van der Waals surface area (Å²) < 4.78 is 0. The third-order valence-electron chi connectivity index (χ3n) is 3.87. The summed E-state index contributed by atoms with van der Waals surface area (Å²) in [4.78, 5) is 37.3. The number of nitrogens with zero attached hydrogens (tertiary/aromatic N) is 1. The van der Waals surface area contributed by atoms with Crippen LogP contribution in [0.1, 0.15) is 29.7 Å². The maximum atomic E-state index is 12.8. The van der Waals surface area contributed by atoms with Gasteiger partial charge in [0.15, 0.2) is 0 Å². The van der Waals surface area contributed by atoms with Gasteiger partial charge in [0.1, 0.15) is 15.5 Å². The Kier molecular flexibility index (Phi) is 4.63. The number of benzene rings is 1. The summed E-state index contributed by atoms with van der Waals surface area (Å²) in [5.74, 6) is -1.52. The van der Waals surface area contributed by atoms with Crippen LogP contribution in [-0.2, 0) is 0 Å². The van der Waals surface area contributed by atoms with Crippen LogP contribution in [0.4, 0.5) is 11.5 Å². The fraction of sp³-hybridized carbons (Fsp3) is 0. The van der Waals surface area contributed by atoms with Crippen LogP contribution in [0.15, 0.2) is 47.8 Å². The highest BCUT2D eigenvalue weighted by Gasteiger charge is 2.18. The predicted octanol–water partition coefficient (Wildman–Crippen LogP) is 3.89. The van der Waals surface area contributed by atoms with Crippen molar-refractivity contribution in [1.82, 2.24) is 10.2 Å². The van der Waals surface area contributed by atoms with Gasteiger partial charge in [-0.25, -0.2) is 4.79 Å². The number of carboxylic acid groups (broad SMARTS) is 1. The molecule has 0 unspecified atom stereocenters. The lowest BCUT2D eigenvalue weighted by atomic mass is 10.1. The molecular formula is C18H12N4O4S2. The zero-order valence-electron chi connectivity index (χ0n) is 14.1. The van der Waals surface area contributed by atoms with Crippen molar-refractivity contribution in [2.75, 3.05) is 10.6 Å². The molecule has 2 amide bonds. The van der Waals surface area contributed by atoms with E-state index in [0.717, 1.165) is 11.3 Å². The summed E-state index contributed by atoms with van der Waals surface area (Å²) in [6, 6.07) is 11.5. The van der Waals surface area contributed by atoms with Crippen LogP contribution in [0, 0.1) is 0 Å². The molecule has 0 aliphatic rings. The molecule has 0 aliphatic carbocycles. The molecule has 3 aromatic heterocycles. The molecule has 0 saturated heterocycles. The van der Waals surface area contributed by atoms with Gasteiger partial charge in [-0.3, -0.25) is 14.7 Å². The number of hydrogen-bond donors (Lipinski definition) is 4. The van der Waals surface area contributed by atoms with Crippen molar-refractivity contribution in [2.24, 2.45) is 0 Å². The molecule has 8 nitrogen and oxygen atoms in total. The standard InChI is InChI=1S/C18H12N4O4S2/c23-15(20-14-10-8-13(18(25)26)28-17(10)22-21-14)9-4-1-2-5-11(9)19-16(24)12-6-3-7-27-12/h1-8H,(H,19,24)(H,25,26)(H2,20,21,22,23). The molecule has 4 rings (SSSR count). The number of carbonyl (C=O) groups excluding carboxylic acids is 2. The Labute approximate surface area is 165 Å². The Morgan fingerprint density at radius 3 is 2.57 bits per heavy atom. The van der Waals surface area contributed by atoms with Crippen LogP contribution in [0.25, 0.3) is 10.2 Å². The van der Waals surface area contributed by atoms with E-state index in [1.807, 2.05) is 0 Å². The second-order valence-electron chi connectivity index (χ2n) is 5.66. The molecular weight excluding hydrogens is 400 g/mol. The Bertz CT molecular complexity index is 1190. The Hall–Kier alpha value is -3.50. The molecule has 28 heavy (non-hydrogen) atoms. The van der Waals surface area contributed by atoms with E-state index >= 15 is 0 Å². The minimum absolute atomic E-state index is 0.130. The predicted molar refractivity (Wildman–Crippen MR) is 108 cm³/mol. The smallest absolute Gasteiger partial charge is 0.345 e. The van der Waals surface area contributed by atoms with Crippen molar-refractivity contribution < 1.29 is 19.5 Å². The zero-order chi connectivity index (χ0) is 19.7. The number of amides is 2. The van der Waals surface area contributed by atoms with Gasteiger partial charge in [-0.1, -0.05) is 18.2 Å². The van der Waals surface area contributed by atoms with Gasteiger partial charge in [-0.05, 0) is 29.6 Å². The molecule has 10 heteroatoms. The molecule has 0 bridgehead atoms.